The van der Waals surface area contributed by atoms with E-state index in [0.29, 0.717) is 18.7 Å². The fourth-order valence-electron chi connectivity index (χ4n) is 2.29. The summed E-state index contributed by atoms with van der Waals surface area (Å²) in [7, 11) is 0. The molecule has 0 aliphatic carbocycles. The standard InChI is InChI=1S/C11H10N4O3/c16-8-2-1-7(10(17)13-8)15-5-6-3-4-12-14-9(6)11(15)18/h3-4,7H,1-2,5H2,(H,13,16,17). The molecule has 2 aliphatic rings. The number of carbonyl (C=O) groups excluding carboxylic acids is 3. The van der Waals surface area contributed by atoms with E-state index < -0.39 is 11.9 Å². The molecule has 1 aromatic heterocycles. The van der Waals surface area contributed by atoms with Gasteiger partial charge in [0.05, 0.1) is 0 Å². The number of rotatable bonds is 1. The average molecular weight is 246 g/mol. The van der Waals surface area contributed by atoms with Crippen LogP contribution >= 0.6 is 0 Å². The molecule has 0 aromatic carbocycles. The first-order valence-corrected chi connectivity index (χ1v) is 5.62. The summed E-state index contributed by atoms with van der Waals surface area (Å²) < 4.78 is 0. The second kappa shape index (κ2) is 3.86. The quantitative estimate of drug-likeness (QED) is 0.657. The molecule has 2 aliphatic heterocycles. The Balaban J connectivity index is 1.86. The third kappa shape index (κ3) is 1.55. The Morgan fingerprint density at radius 2 is 2.17 bits per heavy atom. The molecule has 7 heteroatoms. The number of nitrogens with zero attached hydrogens (tertiary/aromatic N) is 3. The minimum atomic E-state index is -0.593. The lowest BCUT2D eigenvalue weighted by Crippen LogP contribution is -2.52. The van der Waals surface area contributed by atoms with Gasteiger partial charge in [0.15, 0.2) is 5.69 Å². The number of nitrogens with one attached hydrogen (secondary N) is 1. The minimum absolute atomic E-state index is 0.252. The Bertz CT molecular complexity index is 557. The topological polar surface area (TPSA) is 92.3 Å². The van der Waals surface area contributed by atoms with E-state index in [1.54, 1.807) is 6.07 Å². The van der Waals surface area contributed by atoms with Crippen molar-refractivity contribution in [3.8, 4) is 0 Å². The molecule has 3 heterocycles. The first-order valence-electron chi connectivity index (χ1n) is 5.62. The Hall–Kier alpha value is -2.31. The van der Waals surface area contributed by atoms with Crippen LogP contribution in [0, 0.1) is 0 Å². The summed E-state index contributed by atoms with van der Waals surface area (Å²) in [5, 5.41) is 9.70. The smallest absolute Gasteiger partial charge is 0.275 e. The molecule has 1 atom stereocenters. The molecule has 0 radical (unpaired) electrons. The number of imide groups is 1. The molecule has 3 amide bonds. The highest BCUT2D eigenvalue weighted by Crippen LogP contribution is 2.25. The fourth-order valence-corrected chi connectivity index (χ4v) is 2.29. The molecule has 0 spiro atoms. The van der Waals surface area contributed by atoms with Crippen LogP contribution in [0.4, 0.5) is 0 Å². The monoisotopic (exact) mass is 246 g/mol. The van der Waals surface area contributed by atoms with Gasteiger partial charge in [0, 0.05) is 24.7 Å². The number of hydrogen-bond acceptors (Lipinski definition) is 5. The summed E-state index contributed by atoms with van der Waals surface area (Å²) in [4.78, 5) is 36.3. The molecule has 18 heavy (non-hydrogen) atoms. The maximum Gasteiger partial charge on any atom is 0.275 e. The highest BCUT2D eigenvalue weighted by atomic mass is 16.2. The fraction of sp³-hybridized carbons (Fsp3) is 0.364. The third-order valence-electron chi connectivity index (χ3n) is 3.19. The third-order valence-corrected chi connectivity index (χ3v) is 3.19. The predicted octanol–water partition coefficient (Wildman–Crippen LogP) is -0.762. The Morgan fingerprint density at radius 1 is 1.33 bits per heavy atom. The maximum atomic E-state index is 12.1. The van der Waals surface area contributed by atoms with Crippen molar-refractivity contribution in [1.82, 2.24) is 20.4 Å². The van der Waals surface area contributed by atoms with Crippen molar-refractivity contribution >= 4 is 17.7 Å². The molecule has 1 unspecified atom stereocenters. The van der Waals surface area contributed by atoms with Gasteiger partial charge in [-0.15, -0.1) is 5.10 Å². The normalized spacial score (nSPS) is 23.0. The SMILES string of the molecule is O=C1CCC(N2Cc3ccnnc3C2=O)C(=O)N1. The van der Waals surface area contributed by atoms with Gasteiger partial charge in [-0.05, 0) is 12.5 Å². The van der Waals surface area contributed by atoms with E-state index in [2.05, 4.69) is 15.5 Å². The van der Waals surface area contributed by atoms with Gasteiger partial charge >= 0.3 is 0 Å². The zero-order valence-electron chi connectivity index (χ0n) is 9.42. The molecule has 1 saturated heterocycles. The van der Waals surface area contributed by atoms with Crippen molar-refractivity contribution in [2.24, 2.45) is 0 Å². The molecule has 0 saturated carbocycles. The van der Waals surface area contributed by atoms with Crippen molar-refractivity contribution in [1.29, 1.82) is 0 Å². The lowest BCUT2D eigenvalue weighted by molar-refractivity contribution is -0.136. The highest BCUT2D eigenvalue weighted by Gasteiger charge is 2.39. The van der Waals surface area contributed by atoms with Gasteiger partial charge in [-0.1, -0.05) is 0 Å². The largest absolute Gasteiger partial charge is 0.321 e. The Labute approximate surface area is 102 Å². The van der Waals surface area contributed by atoms with Gasteiger partial charge in [-0.2, -0.15) is 5.10 Å². The maximum absolute atomic E-state index is 12.1. The van der Waals surface area contributed by atoms with E-state index in [1.807, 2.05) is 0 Å². The van der Waals surface area contributed by atoms with Crippen LogP contribution in [-0.4, -0.2) is 38.9 Å². The number of hydrogen-bond donors (Lipinski definition) is 1. The van der Waals surface area contributed by atoms with Crippen molar-refractivity contribution in [2.75, 3.05) is 0 Å². The van der Waals surface area contributed by atoms with Gasteiger partial charge in [-0.25, -0.2) is 0 Å². The summed E-state index contributed by atoms with van der Waals surface area (Å²) in [6.45, 7) is 0.343. The first kappa shape index (κ1) is 10.8. The number of amides is 3. The van der Waals surface area contributed by atoms with E-state index in [0.717, 1.165) is 5.56 Å². The predicted molar refractivity (Wildman–Crippen MR) is 58.1 cm³/mol. The summed E-state index contributed by atoms with van der Waals surface area (Å²) in [5.41, 5.74) is 1.06. The summed E-state index contributed by atoms with van der Waals surface area (Å²) in [6.07, 6.45) is 2.13. The Kier molecular flexibility index (Phi) is 2.32. The lowest BCUT2D eigenvalue weighted by Gasteiger charge is -2.29. The number of piperidine rings is 1. The van der Waals surface area contributed by atoms with E-state index in [9.17, 15) is 14.4 Å². The molecular formula is C11H10N4O3. The van der Waals surface area contributed by atoms with Crippen LogP contribution in [0.25, 0.3) is 0 Å². The van der Waals surface area contributed by atoms with Gasteiger partial charge in [0.25, 0.3) is 5.91 Å². The van der Waals surface area contributed by atoms with Crippen LogP contribution in [-0.2, 0) is 16.1 Å². The summed E-state index contributed by atoms with van der Waals surface area (Å²) in [5.74, 6) is -1.01. The molecule has 3 rings (SSSR count). The number of carbonyl (C=O) groups is 3. The summed E-state index contributed by atoms with van der Waals surface area (Å²) in [6, 6.07) is 1.12. The van der Waals surface area contributed by atoms with Crippen LogP contribution in [0.2, 0.25) is 0 Å². The van der Waals surface area contributed by atoms with Crippen LogP contribution in [0.15, 0.2) is 12.3 Å². The van der Waals surface area contributed by atoms with Crippen molar-refractivity contribution in [2.45, 2.75) is 25.4 Å². The molecule has 1 N–H and O–H groups in total. The van der Waals surface area contributed by atoms with Crippen LogP contribution < -0.4 is 5.32 Å². The molecule has 1 fully saturated rings. The zero-order chi connectivity index (χ0) is 12.7. The van der Waals surface area contributed by atoms with Crippen LogP contribution in [0.1, 0.15) is 28.9 Å². The van der Waals surface area contributed by atoms with Crippen molar-refractivity contribution < 1.29 is 14.4 Å². The van der Waals surface area contributed by atoms with Gasteiger partial charge in [0.2, 0.25) is 11.8 Å². The van der Waals surface area contributed by atoms with Crippen molar-refractivity contribution in [3.63, 3.8) is 0 Å². The van der Waals surface area contributed by atoms with E-state index in [-0.39, 0.29) is 18.2 Å². The summed E-state index contributed by atoms with van der Waals surface area (Å²) >= 11 is 0. The zero-order valence-corrected chi connectivity index (χ0v) is 9.42. The van der Waals surface area contributed by atoms with Crippen LogP contribution in [0.5, 0.6) is 0 Å². The minimum Gasteiger partial charge on any atom is -0.321 e. The van der Waals surface area contributed by atoms with Gasteiger partial charge in [0.1, 0.15) is 6.04 Å². The Morgan fingerprint density at radius 3 is 2.89 bits per heavy atom. The highest BCUT2D eigenvalue weighted by molar-refractivity contribution is 6.04. The van der Waals surface area contributed by atoms with Crippen molar-refractivity contribution in [3.05, 3.63) is 23.5 Å². The molecule has 92 valence electrons. The molecule has 1 aromatic rings. The average Bonchev–Trinajstić information content (AvgIpc) is 2.68. The molecular weight excluding hydrogens is 236 g/mol. The number of fused-ring (bicyclic) bond motifs is 1. The van der Waals surface area contributed by atoms with E-state index in [1.165, 1.54) is 11.1 Å². The number of aromatic nitrogens is 2. The lowest BCUT2D eigenvalue weighted by atomic mass is 10.0. The molecule has 0 bridgehead atoms. The second-order valence-electron chi connectivity index (χ2n) is 4.31. The van der Waals surface area contributed by atoms with Gasteiger partial charge in [-0.3, -0.25) is 19.7 Å². The first-order chi connectivity index (χ1) is 8.66. The second-order valence-corrected chi connectivity index (χ2v) is 4.31. The van der Waals surface area contributed by atoms with E-state index in [4.69, 9.17) is 0 Å². The molecule has 7 nitrogen and oxygen atoms in total. The van der Waals surface area contributed by atoms with Gasteiger partial charge < -0.3 is 4.90 Å². The van der Waals surface area contributed by atoms with Crippen LogP contribution in [0.3, 0.4) is 0 Å². The van der Waals surface area contributed by atoms with E-state index >= 15 is 0 Å².